The average molecular weight is 411 g/mol. The standard InChI is InChI=1S/C13H12BrClO3Se/c14-11-8-5-9(12(16)10(11)13(17)18-8)19-7-3-1-6(15)2-4-7/h1-4,8-12,16H,5H2/t8-,9+,10-,11-,12-/m0/s1. The Kier molecular flexibility index (Phi) is 3.93. The van der Waals surface area contributed by atoms with Crippen LogP contribution in [-0.2, 0) is 9.53 Å². The summed E-state index contributed by atoms with van der Waals surface area (Å²) in [7, 11) is 0. The van der Waals surface area contributed by atoms with Gasteiger partial charge in [0.05, 0.1) is 0 Å². The number of carbonyl (C=O) groups is 1. The van der Waals surface area contributed by atoms with Crippen LogP contribution >= 0.6 is 27.5 Å². The topological polar surface area (TPSA) is 46.5 Å². The fraction of sp³-hybridized carbons (Fsp3) is 0.462. The number of aliphatic hydroxyl groups excluding tert-OH is 1. The van der Waals surface area contributed by atoms with Crippen molar-refractivity contribution in [2.75, 3.05) is 0 Å². The Labute approximate surface area is 130 Å². The van der Waals surface area contributed by atoms with Gasteiger partial charge in [0.15, 0.2) is 0 Å². The van der Waals surface area contributed by atoms with E-state index in [9.17, 15) is 9.90 Å². The van der Waals surface area contributed by atoms with Gasteiger partial charge in [-0.25, -0.2) is 0 Å². The van der Waals surface area contributed by atoms with E-state index >= 15 is 0 Å². The Morgan fingerprint density at radius 2 is 2.05 bits per heavy atom. The van der Waals surface area contributed by atoms with E-state index in [0.717, 1.165) is 6.42 Å². The molecule has 0 unspecified atom stereocenters. The summed E-state index contributed by atoms with van der Waals surface area (Å²) in [5.41, 5.74) is 0. The monoisotopic (exact) mass is 410 g/mol. The average Bonchev–Trinajstić information content (AvgIpc) is 2.57. The summed E-state index contributed by atoms with van der Waals surface area (Å²) in [6, 6.07) is 7.69. The van der Waals surface area contributed by atoms with Crippen LogP contribution in [0.25, 0.3) is 0 Å². The molecule has 2 fully saturated rings. The Hall–Kier alpha value is -0.0605. The third-order valence-corrected chi connectivity index (χ3v) is 7.73. The van der Waals surface area contributed by atoms with Crippen LogP contribution in [0.5, 0.6) is 0 Å². The van der Waals surface area contributed by atoms with Crippen LogP contribution in [0.15, 0.2) is 24.3 Å². The number of halogens is 2. The first kappa shape index (κ1) is 13.9. The number of esters is 1. The molecular weight excluding hydrogens is 398 g/mol. The zero-order valence-electron chi connectivity index (χ0n) is 9.83. The summed E-state index contributed by atoms with van der Waals surface area (Å²) >= 11 is 9.45. The van der Waals surface area contributed by atoms with Crippen molar-refractivity contribution in [2.24, 2.45) is 5.92 Å². The molecule has 2 aliphatic rings. The number of rotatable bonds is 2. The first-order chi connectivity index (χ1) is 9.06. The summed E-state index contributed by atoms with van der Waals surface area (Å²) in [5, 5.41) is 11.1. The quantitative estimate of drug-likeness (QED) is 0.457. The third kappa shape index (κ3) is 2.59. The number of ether oxygens (including phenoxy) is 1. The Morgan fingerprint density at radius 3 is 2.74 bits per heavy atom. The molecule has 0 amide bonds. The number of hydrogen-bond donors (Lipinski definition) is 1. The van der Waals surface area contributed by atoms with E-state index in [0.29, 0.717) is 5.02 Å². The first-order valence-corrected chi connectivity index (χ1v) is 9.15. The Morgan fingerprint density at radius 1 is 1.37 bits per heavy atom. The van der Waals surface area contributed by atoms with Gasteiger partial charge in [0.1, 0.15) is 0 Å². The molecule has 3 rings (SSSR count). The number of benzene rings is 1. The van der Waals surface area contributed by atoms with E-state index in [1.54, 1.807) is 0 Å². The van der Waals surface area contributed by atoms with Gasteiger partial charge in [0.25, 0.3) is 0 Å². The number of aliphatic hydroxyl groups is 1. The van der Waals surface area contributed by atoms with Gasteiger partial charge in [0, 0.05) is 0 Å². The Balaban J connectivity index is 1.76. The molecule has 6 heteroatoms. The van der Waals surface area contributed by atoms with Crippen molar-refractivity contribution in [1.29, 1.82) is 0 Å². The van der Waals surface area contributed by atoms with Crippen LogP contribution in [0.3, 0.4) is 0 Å². The minimum atomic E-state index is -0.619. The zero-order valence-corrected chi connectivity index (χ0v) is 13.9. The molecule has 0 radical (unpaired) electrons. The molecule has 5 atom stereocenters. The number of hydrogen-bond acceptors (Lipinski definition) is 3. The molecular formula is C13H12BrClO3Se. The van der Waals surface area contributed by atoms with Crippen LogP contribution in [0.1, 0.15) is 6.42 Å². The van der Waals surface area contributed by atoms with Crippen molar-refractivity contribution in [2.45, 2.75) is 28.3 Å². The maximum atomic E-state index is 11.7. The summed E-state index contributed by atoms with van der Waals surface area (Å²) in [6.07, 6.45) is 0.00784. The van der Waals surface area contributed by atoms with Gasteiger partial charge in [0.2, 0.25) is 0 Å². The van der Waals surface area contributed by atoms with Gasteiger partial charge >= 0.3 is 131 Å². The predicted octanol–water partition coefficient (Wildman–Crippen LogP) is 1.53. The minimum absolute atomic E-state index is 0.0488. The van der Waals surface area contributed by atoms with Crippen molar-refractivity contribution in [3.8, 4) is 0 Å². The second kappa shape index (κ2) is 5.38. The van der Waals surface area contributed by atoms with E-state index in [-0.39, 0.29) is 36.7 Å². The van der Waals surface area contributed by atoms with Gasteiger partial charge in [-0.1, -0.05) is 0 Å². The summed E-state index contributed by atoms with van der Waals surface area (Å²) in [6.45, 7) is 0. The SMILES string of the molecule is O=C1O[C@H]2C[C@@H]([Se]c3ccc(Cl)cc3)[C@H](O)[C@@H]1[C@H]2Br. The molecule has 1 aromatic rings. The summed E-state index contributed by atoms with van der Waals surface area (Å²) in [5.74, 6) is -0.688. The number of alkyl halides is 1. The predicted molar refractivity (Wildman–Crippen MR) is 77.3 cm³/mol. The third-order valence-electron chi connectivity index (χ3n) is 3.55. The molecule has 3 nitrogen and oxygen atoms in total. The second-order valence-corrected chi connectivity index (χ2v) is 9.03. The summed E-state index contributed by atoms with van der Waals surface area (Å²) in [4.78, 5) is 11.8. The zero-order chi connectivity index (χ0) is 13.6. The van der Waals surface area contributed by atoms with Crippen molar-refractivity contribution >= 4 is 52.9 Å². The van der Waals surface area contributed by atoms with Crippen LogP contribution in [0.2, 0.25) is 9.84 Å². The first-order valence-electron chi connectivity index (χ1n) is 6.01. The van der Waals surface area contributed by atoms with Gasteiger partial charge in [-0.2, -0.15) is 0 Å². The van der Waals surface area contributed by atoms with Gasteiger partial charge in [-0.05, 0) is 0 Å². The second-order valence-electron chi connectivity index (χ2n) is 4.78. The van der Waals surface area contributed by atoms with Crippen LogP contribution in [0, 0.1) is 5.92 Å². The normalized spacial score (nSPS) is 37.2. The van der Waals surface area contributed by atoms with Crippen LogP contribution < -0.4 is 4.46 Å². The molecule has 19 heavy (non-hydrogen) atoms. The van der Waals surface area contributed by atoms with Crippen molar-refractivity contribution in [3.63, 3.8) is 0 Å². The molecule has 2 bridgehead atoms. The molecule has 1 heterocycles. The number of fused-ring (bicyclic) bond motifs is 2. The Bertz CT molecular complexity index is 495. The van der Waals surface area contributed by atoms with Crippen molar-refractivity contribution in [3.05, 3.63) is 29.3 Å². The fourth-order valence-electron chi connectivity index (χ4n) is 2.57. The van der Waals surface area contributed by atoms with Crippen LogP contribution in [-0.4, -0.2) is 43.1 Å². The molecule has 1 aliphatic carbocycles. The van der Waals surface area contributed by atoms with Gasteiger partial charge in [-0.3, -0.25) is 0 Å². The van der Waals surface area contributed by atoms with Crippen molar-refractivity contribution < 1.29 is 14.6 Å². The molecule has 0 spiro atoms. The van der Waals surface area contributed by atoms with E-state index in [1.807, 2.05) is 24.3 Å². The molecule has 1 saturated carbocycles. The molecule has 1 aromatic carbocycles. The molecule has 0 aromatic heterocycles. The van der Waals surface area contributed by atoms with E-state index in [1.165, 1.54) is 4.46 Å². The molecule has 102 valence electrons. The molecule has 1 N–H and O–H groups in total. The summed E-state index contributed by atoms with van der Waals surface area (Å²) < 4.78 is 6.48. The van der Waals surface area contributed by atoms with Crippen LogP contribution in [0.4, 0.5) is 0 Å². The van der Waals surface area contributed by atoms with E-state index in [4.69, 9.17) is 16.3 Å². The van der Waals surface area contributed by atoms with Gasteiger partial charge in [-0.15, -0.1) is 0 Å². The maximum absolute atomic E-state index is 11.7. The van der Waals surface area contributed by atoms with E-state index < -0.39 is 12.0 Å². The fourth-order valence-corrected chi connectivity index (χ4v) is 6.14. The molecule has 1 saturated heterocycles. The number of carbonyl (C=O) groups excluding carboxylic acids is 1. The van der Waals surface area contributed by atoms with Crippen molar-refractivity contribution in [1.82, 2.24) is 0 Å². The van der Waals surface area contributed by atoms with Gasteiger partial charge < -0.3 is 0 Å². The van der Waals surface area contributed by atoms with E-state index in [2.05, 4.69) is 15.9 Å². The molecule has 1 aliphatic heterocycles.